The smallest absolute Gasteiger partial charge is 0.0838 e. The van der Waals surface area contributed by atoms with Crippen molar-refractivity contribution in [3.63, 3.8) is 0 Å². The molecule has 15 heavy (non-hydrogen) atoms. The molecule has 1 aromatic rings. The summed E-state index contributed by atoms with van der Waals surface area (Å²) < 4.78 is 0.944. The number of hydrogen-bond acceptors (Lipinski definition) is 3. The fourth-order valence-corrected chi connectivity index (χ4v) is 1.37. The fourth-order valence-electron chi connectivity index (χ4n) is 1.14. The minimum atomic E-state index is 0.364. The van der Waals surface area contributed by atoms with E-state index < -0.39 is 0 Å². The van der Waals surface area contributed by atoms with Gasteiger partial charge in [-0.15, -0.1) is 0 Å². The number of halogens is 1. The first kappa shape index (κ1) is 12.3. The van der Waals surface area contributed by atoms with Crippen LogP contribution in [-0.4, -0.2) is 35.7 Å². The number of nitrogens with one attached hydrogen (secondary N) is 1. The number of nitrogens with zero attached hydrogens (tertiary/aromatic N) is 2. The van der Waals surface area contributed by atoms with Crippen molar-refractivity contribution in [2.24, 2.45) is 0 Å². The van der Waals surface area contributed by atoms with E-state index in [0.717, 1.165) is 16.6 Å². The Labute approximate surface area is 99.2 Å². The molecule has 1 heterocycles. The van der Waals surface area contributed by atoms with E-state index in [0.29, 0.717) is 11.8 Å². The second kappa shape index (κ2) is 5.37. The van der Waals surface area contributed by atoms with Crippen molar-refractivity contribution in [2.75, 3.05) is 14.1 Å². The van der Waals surface area contributed by atoms with Crippen molar-refractivity contribution < 1.29 is 0 Å². The van der Waals surface area contributed by atoms with Gasteiger partial charge in [0.1, 0.15) is 0 Å². The Kier molecular flexibility index (Phi) is 4.42. The van der Waals surface area contributed by atoms with Crippen LogP contribution in [0.5, 0.6) is 0 Å². The van der Waals surface area contributed by atoms with E-state index in [1.165, 1.54) is 0 Å². The third kappa shape index (κ3) is 3.72. The van der Waals surface area contributed by atoms with Crippen LogP contribution in [0.25, 0.3) is 0 Å². The van der Waals surface area contributed by atoms with E-state index in [1.807, 2.05) is 26.2 Å². The molecule has 1 rings (SSSR count). The van der Waals surface area contributed by atoms with Gasteiger partial charge in [-0.2, -0.15) is 0 Å². The second-order valence-corrected chi connectivity index (χ2v) is 4.77. The highest BCUT2D eigenvalue weighted by atomic mass is 79.9. The minimum Gasteiger partial charge on any atom is -0.306 e. The van der Waals surface area contributed by atoms with E-state index in [9.17, 15) is 0 Å². The molecule has 4 heteroatoms. The Hall–Kier alpha value is -0.740. The van der Waals surface area contributed by atoms with Gasteiger partial charge in [-0.05, 0) is 49.1 Å². The highest BCUT2D eigenvalue weighted by Crippen LogP contribution is 2.10. The van der Waals surface area contributed by atoms with Crippen LogP contribution < -0.4 is 0 Å². The third-order valence-electron chi connectivity index (χ3n) is 2.42. The maximum Gasteiger partial charge on any atom is 0.0838 e. The normalized spacial score (nSPS) is 12.9. The number of hydrogen-bond donors (Lipinski definition) is 1. The highest BCUT2D eigenvalue weighted by molar-refractivity contribution is 9.10. The second-order valence-electron chi connectivity index (χ2n) is 3.86. The molecule has 0 saturated carbocycles. The molecule has 0 bridgehead atoms. The van der Waals surface area contributed by atoms with Crippen LogP contribution >= 0.6 is 15.9 Å². The monoisotopic (exact) mass is 269 g/mol. The predicted molar refractivity (Wildman–Crippen MR) is 66.5 cm³/mol. The van der Waals surface area contributed by atoms with Gasteiger partial charge in [-0.3, -0.25) is 4.98 Å². The van der Waals surface area contributed by atoms with E-state index in [-0.39, 0.29) is 0 Å². The van der Waals surface area contributed by atoms with Gasteiger partial charge >= 0.3 is 0 Å². The number of aromatic nitrogens is 1. The summed E-state index contributed by atoms with van der Waals surface area (Å²) in [7, 11) is 4.04. The molecular weight excluding hydrogens is 254 g/mol. The zero-order valence-electron chi connectivity index (χ0n) is 9.29. The molecule has 3 nitrogen and oxygen atoms in total. The lowest BCUT2D eigenvalue weighted by Gasteiger charge is -2.19. The molecule has 82 valence electrons. The lowest BCUT2D eigenvalue weighted by Crippen LogP contribution is -2.27. The quantitative estimate of drug-likeness (QED) is 0.854. The summed E-state index contributed by atoms with van der Waals surface area (Å²) in [5, 5.41) is 7.92. The third-order valence-corrected chi connectivity index (χ3v) is 2.89. The Morgan fingerprint density at radius 2 is 2.20 bits per heavy atom. The number of pyridine rings is 1. The summed E-state index contributed by atoms with van der Waals surface area (Å²) in [4.78, 5) is 6.31. The standard InChI is InChI=1S/C11H16BrN3/c1-8(15(2)3)6-10(13)11-5-4-9(12)7-14-11/h4-5,7-8,13H,6H2,1-3H3. The van der Waals surface area contributed by atoms with Crippen LogP contribution in [0.15, 0.2) is 22.8 Å². The molecule has 0 aliphatic rings. The van der Waals surface area contributed by atoms with Gasteiger partial charge in [0.2, 0.25) is 0 Å². The minimum absolute atomic E-state index is 0.364. The molecule has 0 fully saturated rings. The zero-order chi connectivity index (χ0) is 11.4. The molecule has 1 aromatic heterocycles. The van der Waals surface area contributed by atoms with Crippen molar-refractivity contribution in [3.8, 4) is 0 Å². The van der Waals surface area contributed by atoms with Crippen LogP contribution in [-0.2, 0) is 0 Å². The summed E-state index contributed by atoms with van der Waals surface area (Å²) >= 11 is 3.33. The Morgan fingerprint density at radius 3 is 2.67 bits per heavy atom. The molecule has 0 amide bonds. The largest absolute Gasteiger partial charge is 0.306 e. The Balaban J connectivity index is 2.65. The average molecular weight is 270 g/mol. The first-order valence-corrected chi connectivity index (χ1v) is 5.65. The topological polar surface area (TPSA) is 40.0 Å². The SMILES string of the molecule is CC(CC(=N)c1ccc(Br)cn1)N(C)C. The van der Waals surface area contributed by atoms with Crippen molar-refractivity contribution in [3.05, 3.63) is 28.5 Å². The van der Waals surface area contributed by atoms with Crippen LogP contribution in [0.1, 0.15) is 19.0 Å². The fraction of sp³-hybridized carbons (Fsp3) is 0.455. The zero-order valence-corrected chi connectivity index (χ0v) is 10.9. The summed E-state index contributed by atoms with van der Waals surface area (Å²) in [6.45, 7) is 2.10. The van der Waals surface area contributed by atoms with Crippen molar-refractivity contribution >= 4 is 21.6 Å². The van der Waals surface area contributed by atoms with Gasteiger partial charge in [0.25, 0.3) is 0 Å². The van der Waals surface area contributed by atoms with Crippen LogP contribution in [0.3, 0.4) is 0 Å². The molecule has 0 aliphatic carbocycles. The summed E-state index contributed by atoms with van der Waals surface area (Å²) in [5.74, 6) is 0. The average Bonchev–Trinajstić information content (AvgIpc) is 2.18. The molecular formula is C11H16BrN3. The first-order valence-electron chi connectivity index (χ1n) is 4.86. The van der Waals surface area contributed by atoms with Crippen LogP contribution in [0.4, 0.5) is 0 Å². The molecule has 0 aliphatic heterocycles. The van der Waals surface area contributed by atoms with Crippen LogP contribution in [0, 0.1) is 5.41 Å². The van der Waals surface area contributed by atoms with Gasteiger partial charge in [0.15, 0.2) is 0 Å². The maximum absolute atomic E-state index is 7.92. The maximum atomic E-state index is 7.92. The van der Waals surface area contributed by atoms with Gasteiger partial charge < -0.3 is 10.3 Å². The lowest BCUT2D eigenvalue weighted by atomic mass is 10.1. The van der Waals surface area contributed by atoms with Gasteiger partial charge in [0, 0.05) is 23.1 Å². The molecule has 0 spiro atoms. The summed E-state index contributed by atoms with van der Waals surface area (Å²) in [6, 6.07) is 4.15. The highest BCUT2D eigenvalue weighted by Gasteiger charge is 2.10. The van der Waals surface area contributed by atoms with E-state index in [1.54, 1.807) is 6.20 Å². The number of rotatable bonds is 4. The first-order chi connectivity index (χ1) is 7.00. The molecule has 1 atom stereocenters. The van der Waals surface area contributed by atoms with Gasteiger partial charge in [-0.25, -0.2) is 0 Å². The van der Waals surface area contributed by atoms with Crippen molar-refractivity contribution in [1.29, 1.82) is 5.41 Å². The van der Waals surface area contributed by atoms with Gasteiger partial charge in [0.05, 0.1) is 11.4 Å². The molecule has 1 unspecified atom stereocenters. The van der Waals surface area contributed by atoms with E-state index in [2.05, 4.69) is 32.7 Å². The lowest BCUT2D eigenvalue weighted by molar-refractivity contribution is 0.321. The Morgan fingerprint density at radius 1 is 1.53 bits per heavy atom. The molecule has 0 aromatic carbocycles. The predicted octanol–water partition coefficient (Wildman–Crippen LogP) is 2.55. The van der Waals surface area contributed by atoms with E-state index >= 15 is 0 Å². The summed E-state index contributed by atoms with van der Waals surface area (Å²) in [5.41, 5.74) is 1.34. The molecule has 0 saturated heterocycles. The summed E-state index contributed by atoms with van der Waals surface area (Å²) in [6.07, 6.45) is 2.45. The molecule has 1 N–H and O–H groups in total. The van der Waals surface area contributed by atoms with Crippen LogP contribution in [0.2, 0.25) is 0 Å². The molecule has 0 radical (unpaired) electrons. The van der Waals surface area contributed by atoms with Crippen molar-refractivity contribution in [1.82, 2.24) is 9.88 Å². The Bertz CT molecular complexity index is 332. The van der Waals surface area contributed by atoms with Crippen molar-refractivity contribution in [2.45, 2.75) is 19.4 Å². The van der Waals surface area contributed by atoms with E-state index in [4.69, 9.17) is 5.41 Å². The van der Waals surface area contributed by atoms with Gasteiger partial charge in [-0.1, -0.05) is 0 Å².